The Labute approximate surface area is 403 Å². The van der Waals surface area contributed by atoms with Gasteiger partial charge in [-0.05, 0) is 64.2 Å². The molecule has 0 heterocycles. The number of rotatable bonds is 50. The van der Waals surface area contributed by atoms with Gasteiger partial charge in [0.2, 0.25) is 5.91 Å². The molecule has 1 amide bonds. The van der Waals surface area contributed by atoms with Crippen molar-refractivity contribution in [2.24, 2.45) is 0 Å². The number of phosphoric acid groups is 1. The highest BCUT2D eigenvalue weighted by atomic mass is 31.2. The Morgan fingerprint density at radius 1 is 0.523 bits per heavy atom. The molecule has 0 saturated heterocycles. The smallest absolute Gasteiger partial charge is 0.387 e. The van der Waals surface area contributed by atoms with Gasteiger partial charge in [0.1, 0.15) is 13.2 Å². The summed E-state index contributed by atoms with van der Waals surface area (Å²) in [6.45, 7) is 4.80. The lowest BCUT2D eigenvalue weighted by Gasteiger charge is -2.25. The second kappa shape index (κ2) is 47.5. The zero-order valence-electron chi connectivity index (χ0n) is 43.5. The van der Waals surface area contributed by atoms with E-state index in [0.717, 1.165) is 44.9 Å². The molecule has 3 atom stereocenters. The van der Waals surface area contributed by atoms with E-state index in [9.17, 15) is 19.4 Å². The molecule has 0 fully saturated rings. The fourth-order valence-corrected chi connectivity index (χ4v) is 8.65. The van der Waals surface area contributed by atoms with E-state index in [1.54, 1.807) is 6.08 Å². The first kappa shape index (κ1) is 63.5. The molecule has 3 N–H and O–H groups in total. The molecule has 65 heavy (non-hydrogen) atoms. The van der Waals surface area contributed by atoms with Gasteiger partial charge in [0.15, 0.2) is 0 Å². The quantitative estimate of drug-likeness (QED) is 0.0243. The summed E-state index contributed by atoms with van der Waals surface area (Å²) in [5.41, 5.74) is 0. The van der Waals surface area contributed by atoms with Gasteiger partial charge in [-0.25, -0.2) is 4.57 Å². The van der Waals surface area contributed by atoms with Crippen LogP contribution in [-0.4, -0.2) is 73.4 Å². The van der Waals surface area contributed by atoms with Crippen molar-refractivity contribution in [3.05, 3.63) is 48.6 Å². The molecule has 3 unspecified atom stereocenters. The number of amides is 1. The number of aliphatic hydroxyl groups is 1. The lowest BCUT2D eigenvalue weighted by atomic mass is 10.0. The topological polar surface area (TPSA) is 105 Å². The summed E-state index contributed by atoms with van der Waals surface area (Å²) in [6.07, 6.45) is 62.0. The maximum absolute atomic E-state index is 13.0. The van der Waals surface area contributed by atoms with Gasteiger partial charge in [0.05, 0.1) is 39.9 Å². The van der Waals surface area contributed by atoms with Gasteiger partial charge in [-0.3, -0.25) is 13.8 Å². The molecular weight excluding hydrogens is 828 g/mol. The second-order valence-electron chi connectivity index (χ2n) is 19.9. The van der Waals surface area contributed by atoms with Crippen molar-refractivity contribution >= 4 is 13.7 Å². The first-order valence-electron chi connectivity index (χ1n) is 27.5. The Morgan fingerprint density at radius 2 is 0.892 bits per heavy atom. The van der Waals surface area contributed by atoms with Crippen LogP contribution < -0.4 is 5.32 Å². The van der Waals surface area contributed by atoms with Crippen molar-refractivity contribution in [2.45, 2.75) is 264 Å². The minimum absolute atomic E-state index is 0.0552. The van der Waals surface area contributed by atoms with Gasteiger partial charge in [-0.1, -0.05) is 229 Å². The first-order valence-corrected chi connectivity index (χ1v) is 29.0. The van der Waals surface area contributed by atoms with Crippen LogP contribution in [0.4, 0.5) is 0 Å². The van der Waals surface area contributed by atoms with Gasteiger partial charge < -0.3 is 19.8 Å². The molecule has 0 aliphatic rings. The van der Waals surface area contributed by atoms with Crippen LogP contribution in [0, 0.1) is 0 Å². The van der Waals surface area contributed by atoms with Crippen LogP contribution in [0.1, 0.15) is 251 Å². The van der Waals surface area contributed by atoms with Crippen molar-refractivity contribution in [1.82, 2.24) is 5.32 Å². The Balaban J connectivity index is 4.30. The van der Waals surface area contributed by atoms with E-state index in [2.05, 4.69) is 55.6 Å². The highest BCUT2D eigenvalue weighted by Crippen LogP contribution is 2.43. The Hall–Kier alpha value is -1.54. The highest BCUT2D eigenvalue weighted by molar-refractivity contribution is 7.47. The average Bonchev–Trinajstić information content (AvgIpc) is 3.26. The van der Waals surface area contributed by atoms with E-state index in [-0.39, 0.29) is 19.1 Å². The van der Waals surface area contributed by atoms with Crippen LogP contribution in [0.15, 0.2) is 48.6 Å². The summed E-state index contributed by atoms with van der Waals surface area (Å²) in [4.78, 5) is 23.3. The predicted molar refractivity (Wildman–Crippen MR) is 281 cm³/mol. The fraction of sp³-hybridized carbons (Fsp3) is 0.839. The number of nitrogens with one attached hydrogen (secondary N) is 1. The number of carbonyl (C=O) groups is 1. The van der Waals surface area contributed by atoms with Crippen LogP contribution in [0.3, 0.4) is 0 Å². The third kappa shape index (κ3) is 50.2. The number of carbonyl (C=O) groups excluding carboxylic acids is 1. The second-order valence-corrected chi connectivity index (χ2v) is 21.4. The Bertz CT molecular complexity index is 1200. The minimum Gasteiger partial charge on any atom is -0.387 e. The zero-order valence-corrected chi connectivity index (χ0v) is 44.4. The van der Waals surface area contributed by atoms with Gasteiger partial charge in [0, 0.05) is 6.42 Å². The molecule has 0 aromatic heterocycles. The average molecular weight is 936 g/mol. The summed E-state index contributed by atoms with van der Waals surface area (Å²) in [7, 11) is 1.56. The van der Waals surface area contributed by atoms with E-state index in [0.29, 0.717) is 17.4 Å². The molecule has 0 aromatic carbocycles. The number of unbranched alkanes of at least 4 members (excludes halogenated alkanes) is 31. The molecule has 0 aliphatic heterocycles. The van der Waals surface area contributed by atoms with Crippen molar-refractivity contribution < 1.29 is 32.9 Å². The largest absolute Gasteiger partial charge is 0.472 e. The maximum atomic E-state index is 13.0. The first-order chi connectivity index (χ1) is 31.5. The van der Waals surface area contributed by atoms with Gasteiger partial charge in [-0.15, -0.1) is 0 Å². The van der Waals surface area contributed by atoms with Crippen LogP contribution in [-0.2, 0) is 18.4 Å². The predicted octanol–water partition coefficient (Wildman–Crippen LogP) is 16.4. The van der Waals surface area contributed by atoms with Crippen LogP contribution in [0.25, 0.3) is 0 Å². The zero-order chi connectivity index (χ0) is 47.8. The summed E-state index contributed by atoms with van der Waals surface area (Å²) in [6, 6.07) is -0.865. The molecule has 9 heteroatoms. The molecule has 8 nitrogen and oxygen atoms in total. The molecule has 382 valence electrons. The summed E-state index contributed by atoms with van der Waals surface area (Å²) < 4.78 is 23.7. The van der Waals surface area contributed by atoms with E-state index in [1.807, 2.05) is 27.2 Å². The molecule has 0 rings (SSSR count). The molecule has 0 saturated carbocycles. The van der Waals surface area contributed by atoms with Crippen LogP contribution in [0.2, 0.25) is 0 Å². The minimum atomic E-state index is -4.35. The van der Waals surface area contributed by atoms with Crippen molar-refractivity contribution in [1.29, 1.82) is 0 Å². The molecule has 0 aliphatic carbocycles. The number of hydrogen-bond donors (Lipinski definition) is 3. The molecule has 0 bridgehead atoms. The third-order valence-electron chi connectivity index (χ3n) is 12.3. The normalized spacial score (nSPS) is 14.4. The highest BCUT2D eigenvalue weighted by Gasteiger charge is 2.27. The van der Waals surface area contributed by atoms with Crippen molar-refractivity contribution in [2.75, 3.05) is 40.9 Å². The molecular formula is C56H108N2O6P+. The number of likely N-dealkylation sites (N-methyl/N-ethyl adjacent to an activating group) is 1. The lowest BCUT2D eigenvalue weighted by molar-refractivity contribution is -0.870. The van der Waals surface area contributed by atoms with Crippen molar-refractivity contribution in [3.63, 3.8) is 0 Å². The molecule has 0 spiro atoms. The Morgan fingerprint density at radius 3 is 1.32 bits per heavy atom. The number of quaternary nitrogens is 1. The van der Waals surface area contributed by atoms with Gasteiger partial charge >= 0.3 is 7.82 Å². The summed E-state index contributed by atoms with van der Waals surface area (Å²) >= 11 is 0. The molecule has 0 radical (unpaired) electrons. The van der Waals surface area contributed by atoms with E-state index in [1.165, 1.54) is 186 Å². The fourth-order valence-electron chi connectivity index (χ4n) is 7.91. The van der Waals surface area contributed by atoms with Crippen LogP contribution in [0.5, 0.6) is 0 Å². The van der Waals surface area contributed by atoms with Crippen molar-refractivity contribution in [3.8, 4) is 0 Å². The lowest BCUT2D eigenvalue weighted by Crippen LogP contribution is -2.45. The van der Waals surface area contributed by atoms with Crippen LogP contribution >= 0.6 is 7.82 Å². The number of aliphatic hydroxyl groups excluding tert-OH is 1. The third-order valence-corrected chi connectivity index (χ3v) is 13.3. The van der Waals surface area contributed by atoms with Gasteiger partial charge in [-0.2, -0.15) is 0 Å². The summed E-state index contributed by atoms with van der Waals surface area (Å²) in [5, 5.41) is 13.9. The van der Waals surface area contributed by atoms with E-state index < -0.39 is 20.0 Å². The number of nitrogens with zero attached hydrogens (tertiary/aromatic N) is 1. The van der Waals surface area contributed by atoms with E-state index >= 15 is 0 Å². The number of hydrogen-bond acceptors (Lipinski definition) is 5. The maximum Gasteiger partial charge on any atom is 0.472 e. The number of allylic oxidation sites excluding steroid dienone is 7. The standard InChI is InChI=1S/C56H107N2O6P/c1-6-8-10-12-14-16-18-20-22-24-26-28-29-30-32-34-36-38-40-42-44-46-48-50-56(60)57-54(53-64-65(61,62)63-52-51-58(3,4)5)55(59)49-47-45-43-41-39-37-35-33-31-27-25-23-21-19-17-15-13-11-9-7-2/h18,20,24,26,39,41,47,49,54-55,59H,6-17,19,21-23,25,27-38,40,42-46,48,50-53H2,1-5H3,(H-,57,60,61,62)/p+1/b20-18-,26-24-,41-39+,49-47+. The molecule has 0 aromatic rings. The SMILES string of the molecule is CCCCCCC/C=C\C/C=C\CCCCCCCCCCCCCC(=O)NC(COP(=O)(O)OCC[N+](C)(C)C)C(O)/C=C/CC/C=C/CCCCCCCCCCCCCCCC. The van der Waals surface area contributed by atoms with E-state index in [4.69, 9.17) is 9.05 Å². The summed E-state index contributed by atoms with van der Waals surface area (Å²) in [5.74, 6) is -0.188. The number of phosphoric ester groups is 1. The monoisotopic (exact) mass is 936 g/mol. The van der Waals surface area contributed by atoms with Gasteiger partial charge in [0.25, 0.3) is 0 Å². The Kier molecular flexibility index (Phi) is 46.4.